The van der Waals surface area contributed by atoms with Gasteiger partial charge in [0.05, 0.1) is 44.0 Å². The van der Waals surface area contributed by atoms with Gasteiger partial charge in [0, 0.05) is 0 Å². The highest BCUT2D eigenvalue weighted by Gasteiger charge is 2.23. The van der Waals surface area contributed by atoms with E-state index in [-0.39, 0.29) is 31.5 Å². The Bertz CT molecular complexity index is 667. The van der Waals surface area contributed by atoms with Crippen molar-refractivity contribution in [3.05, 3.63) is 20.1 Å². The van der Waals surface area contributed by atoms with Crippen LogP contribution in [0.2, 0.25) is 20.1 Å². The molecule has 0 aliphatic heterocycles. The topological polar surface area (TPSA) is 92.3 Å². The first-order valence-electron chi connectivity index (χ1n) is 4.65. The molecule has 20 heavy (non-hydrogen) atoms. The second-order valence-corrected chi connectivity index (χ2v) is 8.76. The molecule has 0 unspecified atom stereocenters. The molecule has 0 aliphatic carbocycles. The molecular weight excluding hydrogens is 394 g/mol. The molecule has 0 spiro atoms. The molecule has 0 bridgehead atoms. The van der Waals surface area contributed by atoms with Gasteiger partial charge >= 0.3 is 0 Å². The maximum Gasteiger partial charge on any atom is 0.229 e. The van der Waals surface area contributed by atoms with Gasteiger partial charge in [0.25, 0.3) is 0 Å². The van der Waals surface area contributed by atoms with Crippen molar-refractivity contribution in [1.82, 2.24) is 0 Å². The Morgan fingerprint density at radius 1 is 0.650 bits per heavy atom. The number of benzene rings is 1. The predicted molar refractivity (Wildman–Crippen MR) is 83.4 cm³/mol. The Morgan fingerprint density at radius 2 is 0.850 bits per heavy atom. The first kappa shape index (κ1) is 17.9. The summed E-state index contributed by atoms with van der Waals surface area (Å²) in [7, 11) is -7.36. The van der Waals surface area contributed by atoms with Gasteiger partial charge in [-0.15, -0.1) is 0 Å². The van der Waals surface area contributed by atoms with Crippen LogP contribution >= 0.6 is 46.4 Å². The summed E-state index contributed by atoms with van der Waals surface area (Å²) in [5.41, 5.74) is -0.463. The van der Waals surface area contributed by atoms with Crippen LogP contribution in [0.1, 0.15) is 0 Å². The summed E-state index contributed by atoms with van der Waals surface area (Å²) in [4.78, 5) is 0. The van der Waals surface area contributed by atoms with Crippen molar-refractivity contribution in [2.24, 2.45) is 0 Å². The normalized spacial score (nSPS) is 12.3. The van der Waals surface area contributed by atoms with Gasteiger partial charge in [-0.05, 0) is 0 Å². The van der Waals surface area contributed by atoms with E-state index in [0.29, 0.717) is 0 Å². The average molecular weight is 402 g/mol. The summed E-state index contributed by atoms with van der Waals surface area (Å²) in [5.74, 6) is 0. The zero-order chi connectivity index (χ0) is 15.9. The van der Waals surface area contributed by atoms with Gasteiger partial charge in [-0.2, -0.15) is 0 Å². The predicted octanol–water partition coefficient (Wildman–Crippen LogP) is 3.04. The van der Waals surface area contributed by atoms with E-state index in [4.69, 9.17) is 46.4 Å². The Balaban J connectivity index is 3.57. The highest BCUT2D eigenvalue weighted by molar-refractivity contribution is 7.92. The molecular formula is C8H8Cl4N2O4S2. The van der Waals surface area contributed by atoms with E-state index in [1.807, 2.05) is 0 Å². The van der Waals surface area contributed by atoms with Crippen molar-refractivity contribution >= 4 is 77.8 Å². The van der Waals surface area contributed by atoms with Crippen molar-refractivity contribution in [2.45, 2.75) is 0 Å². The SMILES string of the molecule is CS(=O)(=O)Nc1c(Cl)c(Cl)c(NS(C)(=O)=O)c(Cl)c1Cl. The molecule has 0 heterocycles. The molecule has 2 N–H and O–H groups in total. The number of hydrogen-bond donors (Lipinski definition) is 2. The van der Waals surface area contributed by atoms with Crippen LogP contribution in [0, 0.1) is 0 Å². The maximum absolute atomic E-state index is 11.2. The van der Waals surface area contributed by atoms with Crippen LogP contribution in [-0.2, 0) is 20.0 Å². The minimum absolute atomic E-state index is 0.232. The molecule has 0 amide bonds. The zero-order valence-electron chi connectivity index (χ0n) is 9.96. The van der Waals surface area contributed by atoms with E-state index >= 15 is 0 Å². The van der Waals surface area contributed by atoms with Crippen LogP contribution in [0.25, 0.3) is 0 Å². The van der Waals surface area contributed by atoms with Gasteiger partial charge in [0.1, 0.15) is 0 Å². The fraction of sp³-hybridized carbons (Fsp3) is 0.250. The molecule has 6 nitrogen and oxygen atoms in total. The fourth-order valence-corrected chi connectivity index (χ4v) is 3.60. The van der Waals surface area contributed by atoms with E-state index in [9.17, 15) is 16.8 Å². The van der Waals surface area contributed by atoms with Gasteiger partial charge in [0.2, 0.25) is 20.0 Å². The molecule has 0 radical (unpaired) electrons. The third-order valence-corrected chi connectivity index (χ3v) is 4.69. The van der Waals surface area contributed by atoms with Crippen molar-refractivity contribution in [2.75, 3.05) is 22.0 Å². The Kier molecular flexibility index (Phi) is 5.32. The Labute approximate surface area is 136 Å². The lowest BCUT2D eigenvalue weighted by Crippen LogP contribution is -2.13. The molecule has 12 heteroatoms. The third kappa shape index (κ3) is 4.44. The van der Waals surface area contributed by atoms with E-state index < -0.39 is 20.0 Å². The van der Waals surface area contributed by atoms with E-state index in [0.717, 1.165) is 12.5 Å². The number of hydrogen-bond acceptors (Lipinski definition) is 4. The van der Waals surface area contributed by atoms with Crippen LogP contribution < -0.4 is 9.44 Å². The number of rotatable bonds is 4. The summed E-state index contributed by atoms with van der Waals surface area (Å²) in [6, 6.07) is 0. The largest absolute Gasteiger partial charge is 0.281 e. The first-order valence-corrected chi connectivity index (χ1v) is 9.94. The zero-order valence-corrected chi connectivity index (χ0v) is 14.6. The van der Waals surface area contributed by atoms with Gasteiger partial charge in [0.15, 0.2) is 0 Å². The summed E-state index contributed by atoms with van der Waals surface area (Å²) >= 11 is 23.5. The fourth-order valence-electron chi connectivity index (χ4n) is 1.18. The Morgan fingerprint density at radius 3 is 1.00 bits per heavy atom. The second kappa shape index (κ2) is 5.94. The van der Waals surface area contributed by atoms with Crippen LogP contribution in [0.4, 0.5) is 11.4 Å². The van der Waals surface area contributed by atoms with Crippen LogP contribution in [0.3, 0.4) is 0 Å². The second-order valence-electron chi connectivity index (χ2n) is 3.75. The lowest BCUT2D eigenvalue weighted by Gasteiger charge is -2.16. The molecule has 1 rings (SSSR count). The molecule has 1 aromatic carbocycles. The molecule has 0 aromatic heterocycles. The van der Waals surface area contributed by atoms with E-state index in [1.54, 1.807) is 0 Å². The highest BCUT2D eigenvalue weighted by Crippen LogP contribution is 2.47. The summed E-state index contributed by atoms with van der Waals surface area (Å²) in [5, 5.41) is -1.12. The van der Waals surface area contributed by atoms with Gasteiger partial charge < -0.3 is 0 Å². The minimum Gasteiger partial charge on any atom is -0.281 e. The van der Waals surface area contributed by atoms with Crippen molar-refractivity contribution < 1.29 is 16.8 Å². The van der Waals surface area contributed by atoms with Gasteiger partial charge in [-0.25, -0.2) is 16.8 Å². The van der Waals surface area contributed by atoms with E-state index in [2.05, 4.69) is 9.44 Å². The minimum atomic E-state index is -3.68. The van der Waals surface area contributed by atoms with Gasteiger partial charge in [-0.1, -0.05) is 46.4 Å². The molecule has 0 atom stereocenters. The molecule has 0 saturated carbocycles. The number of anilines is 2. The standard InChI is InChI=1S/C8H8Cl4N2O4S2/c1-19(15,16)13-7-3(9)5(11)8(6(12)4(7)10)14-20(2,17)18/h13-14H,1-2H3. The van der Waals surface area contributed by atoms with Crippen molar-refractivity contribution in [3.8, 4) is 0 Å². The summed E-state index contributed by atoms with van der Waals surface area (Å²) in [6.45, 7) is 0. The van der Waals surface area contributed by atoms with Crippen molar-refractivity contribution in [1.29, 1.82) is 0 Å². The maximum atomic E-state index is 11.2. The lowest BCUT2D eigenvalue weighted by atomic mass is 10.3. The third-order valence-electron chi connectivity index (χ3n) is 1.84. The Hall–Kier alpha value is -0.120. The molecule has 0 saturated heterocycles. The quantitative estimate of drug-likeness (QED) is 0.758. The first-order chi connectivity index (χ1) is 8.83. The smallest absolute Gasteiger partial charge is 0.229 e. The monoisotopic (exact) mass is 400 g/mol. The van der Waals surface area contributed by atoms with Crippen LogP contribution in [-0.4, -0.2) is 29.3 Å². The number of halogens is 4. The average Bonchev–Trinajstić information content (AvgIpc) is 2.25. The molecule has 1 aromatic rings. The summed E-state index contributed by atoms with van der Waals surface area (Å²) in [6.07, 6.45) is 1.76. The van der Waals surface area contributed by atoms with Crippen LogP contribution in [0.15, 0.2) is 0 Å². The van der Waals surface area contributed by atoms with Crippen LogP contribution in [0.5, 0.6) is 0 Å². The molecule has 0 fully saturated rings. The summed E-state index contributed by atoms with van der Waals surface area (Å²) < 4.78 is 49.0. The lowest BCUT2D eigenvalue weighted by molar-refractivity contribution is 0.605. The highest BCUT2D eigenvalue weighted by atomic mass is 35.5. The van der Waals surface area contributed by atoms with Gasteiger partial charge in [-0.3, -0.25) is 9.44 Å². The number of sulfonamides is 2. The molecule has 114 valence electrons. The van der Waals surface area contributed by atoms with Crippen molar-refractivity contribution in [3.63, 3.8) is 0 Å². The number of nitrogens with one attached hydrogen (secondary N) is 2. The molecule has 0 aliphatic rings. The van der Waals surface area contributed by atoms with E-state index in [1.165, 1.54) is 0 Å².